The molecule has 5 heteroatoms. The number of rotatable bonds is 9. The fourth-order valence-electron chi connectivity index (χ4n) is 5.06. The molecule has 5 rings (SSSR count). The van der Waals surface area contributed by atoms with Gasteiger partial charge >= 0.3 is 0 Å². The Kier molecular flexibility index (Phi) is 6.84. The van der Waals surface area contributed by atoms with Crippen molar-refractivity contribution in [2.45, 2.75) is 52.1 Å². The molecule has 35 heavy (non-hydrogen) atoms. The van der Waals surface area contributed by atoms with E-state index in [-0.39, 0.29) is 11.8 Å². The number of nitrogens with zero attached hydrogens (tertiary/aromatic N) is 3. The van der Waals surface area contributed by atoms with Gasteiger partial charge in [-0.25, -0.2) is 4.98 Å². The number of unbranched alkanes of at least 4 members (excludes halogenated alkanes) is 1. The van der Waals surface area contributed by atoms with Gasteiger partial charge in [0.1, 0.15) is 11.6 Å². The van der Waals surface area contributed by atoms with Gasteiger partial charge in [-0.2, -0.15) is 0 Å². The lowest BCUT2D eigenvalue weighted by Crippen LogP contribution is -2.24. The second-order valence-corrected chi connectivity index (χ2v) is 9.60. The summed E-state index contributed by atoms with van der Waals surface area (Å²) in [6, 6.07) is 24.8. The summed E-state index contributed by atoms with van der Waals surface area (Å²) < 4.78 is 8.37. The molecule has 0 N–H and O–H groups in total. The van der Waals surface area contributed by atoms with Crippen molar-refractivity contribution in [3.05, 3.63) is 95.3 Å². The molecule has 1 fully saturated rings. The fourth-order valence-corrected chi connectivity index (χ4v) is 5.06. The molecule has 0 saturated carbocycles. The maximum Gasteiger partial charge on any atom is 0.223 e. The Bertz CT molecular complexity index is 1310. The number of amides is 1. The summed E-state index contributed by atoms with van der Waals surface area (Å²) in [6.07, 6.45) is 2.47. The van der Waals surface area contributed by atoms with Crippen LogP contribution in [0.1, 0.15) is 47.7 Å². The summed E-state index contributed by atoms with van der Waals surface area (Å²) in [6.45, 7) is 7.13. The number of hydrogen-bond donors (Lipinski definition) is 0. The summed E-state index contributed by atoms with van der Waals surface area (Å²) in [5.74, 6) is 2.32. The number of ether oxygens (including phenoxy) is 1. The molecule has 0 radical (unpaired) electrons. The van der Waals surface area contributed by atoms with Crippen LogP contribution >= 0.6 is 0 Å². The Morgan fingerprint density at radius 1 is 0.971 bits per heavy atom. The van der Waals surface area contributed by atoms with Gasteiger partial charge in [-0.05, 0) is 56.0 Å². The number of fused-ring (bicyclic) bond motifs is 1. The second-order valence-electron chi connectivity index (χ2n) is 9.60. The Hall–Kier alpha value is -3.60. The highest BCUT2D eigenvalue weighted by Crippen LogP contribution is 2.31. The molecular weight excluding hydrogens is 434 g/mol. The third-order valence-electron chi connectivity index (χ3n) is 6.84. The van der Waals surface area contributed by atoms with Crippen LogP contribution in [0.15, 0.2) is 72.8 Å². The van der Waals surface area contributed by atoms with Crippen LogP contribution in [0, 0.1) is 13.8 Å². The number of hydrogen-bond acceptors (Lipinski definition) is 3. The highest BCUT2D eigenvalue weighted by atomic mass is 16.5. The van der Waals surface area contributed by atoms with Gasteiger partial charge < -0.3 is 14.2 Å². The van der Waals surface area contributed by atoms with E-state index in [1.54, 1.807) is 0 Å². The monoisotopic (exact) mass is 467 g/mol. The molecule has 2 heterocycles. The lowest BCUT2D eigenvalue weighted by Gasteiger charge is -2.17. The van der Waals surface area contributed by atoms with Crippen LogP contribution in [0.4, 0.5) is 0 Å². The first-order valence-electron chi connectivity index (χ1n) is 12.6. The van der Waals surface area contributed by atoms with Gasteiger partial charge in [0.05, 0.1) is 17.6 Å². The first-order chi connectivity index (χ1) is 17.1. The summed E-state index contributed by atoms with van der Waals surface area (Å²) in [4.78, 5) is 19.8. The van der Waals surface area contributed by atoms with Crippen LogP contribution in [0.2, 0.25) is 0 Å². The Balaban J connectivity index is 1.25. The third-order valence-corrected chi connectivity index (χ3v) is 6.84. The minimum atomic E-state index is 0.116. The third kappa shape index (κ3) is 5.24. The number of para-hydroxylation sites is 2. The number of benzene rings is 3. The lowest BCUT2D eigenvalue weighted by atomic mass is 10.1. The van der Waals surface area contributed by atoms with E-state index in [9.17, 15) is 4.79 Å². The average molecular weight is 468 g/mol. The topological polar surface area (TPSA) is 47.4 Å². The predicted molar refractivity (Wildman–Crippen MR) is 140 cm³/mol. The van der Waals surface area contributed by atoms with Gasteiger partial charge in [0, 0.05) is 32.0 Å². The van der Waals surface area contributed by atoms with Crippen molar-refractivity contribution < 1.29 is 9.53 Å². The molecule has 0 spiro atoms. The molecule has 0 aliphatic carbocycles. The van der Waals surface area contributed by atoms with Crippen LogP contribution in [0.25, 0.3) is 11.0 Å². The van der Waals surface area contributed by atoms with E-state index in [1.807, 2.05) is 29.2 Å². The molecule has 4 aromatic rings. The van der Waals surface area contributed by atoms with Gasteiger partial charge in [-0.3, -0.25) is 4.79 Å². The number of aryl methyl sites for hydroxylation is 3. The van der Waals surface area contributed by atoms with Crippen molar-refractivity contribution in [3.63, 3.8) is 0 Å². The van der Waals surface area contributed by atoms with Gasteiger partial charge in [-0.15, -0.1) is 0 Å². The van der Waals surface area contributed by atoms with Crippen LogP contribution < -0.4 is 4.74 Å². The smallest absolute Gasteiger partial charge is 0.223 e. The Morgan fingerprint density at radius 2 is 1.77 bits per heavy atom. The lowest BCUT2D eigenvalue weighted by molar-refractivity contribution is -0.128. The maximum atomic E-state index is 12.8. The number of carbonyl (C=O) groups is 1. The van der Waals surface area contributed by atoms with Gasteiger partial charge in [0.15, 0.2) is 0 Å². The summed E-state index contributed by atoms with van der Waals surface area (Å²) >= 11 is 0. The van der Waals surface area contributed by atoms with Crippen molar-refractivity contribution in [2.24, 2.45) is 0 Å². The van der Waals surface area contributed by atoms with E-state index < -0.39 is 0 Å². The molecule has 0 unspecified atom stereocenters. The second kappa shape index (κ2) is 10.3. The zero-order chi connectivity index (χ0) is 24.2. The maximum absolute atomic E-state index is 12.8. The molecule has 1 saturated heterocycles. The van der Waals surface area contributed by atoms with E-state index in [0.29, 0.717) is 26.1 Å². The number of carbonyl (C=O) groups excluding carboxylic acids is 1. The van der Waals surface area contributed by atoms with E-state index in [4.69, 9.17) is 9.72 Å². The van der Waals surface area contributed by atoms with Crippen molar-refractivity contribution in [1.29, 1.82) is 0 Å². The first kappa shape index (κ1) is 23.2. The standard InChI is InChI=1S/C30H33N3O2/c1-22-14-15-28(23(2)18-22)35-17-9-8-16-33-27-13-7-6-12-26(27)31-30(33)25-19-29(34)32(21-25)20-24-10-4-3-5-11-24/h3-7,10-15,18,25H,8-9,16-17,19-21H2,1-2H3/t25-/m1/s1. The van der Waals surface area contributed by atoms with Crippen LogP contribution in [0.3, 0.4) is 0 Å². The van der Waals surface area contributed by atoms with E-state index in [1.165, 1.54) is 16.7 Å². The summed E-state index contributed by atoms with van der Waals surface area (Å²) in [5.41, 5.74) is 5.74. The first-order valence-corrected chi connectivity index (χ1v) is 12.6. The molecule has 5 nitrogen and oxygen atoms in total. The molecule has 3 aromatic carbocycles. The highest BCUT2D eigenvalue weighted by Gasteiger charge is 2.33. The number of imidazole rings is 1. The van der Waals surface area contributed by atoms with Crippen LogP contribution in [0.5, 0.6) is 5.75 Å². The SMILES string of the molecule is Cc1ccc(OCCCCn2c([C@@H]3CC(=O)N(Cc4ccccc4)C3)nc3ccccc32)c(C)c1. The van der Waals surface area contributed by atoms with Gasteiger partial charge in [0.2, 0.25) is 5.91 Å². The highest BCUT2D eigenvalue weighted by molar-refractivity contribution is 5.81. The molecule has 1 aliphatic heterocycles. The minimum absolute atomic E-state index is 0.116. The Morgan fingerprint density at radius 3 is 2.60 bits per heavy atom. The predicted octanol–water partition coefficient (Wildman–Crippen LogP) is 6.03. The van der Waals surface area contributed by atoms with Crippen LogP contribution in [-0.4, -0.2) is 33.5 Å². The number of likely N-dealkylation sites (tertiary alicyclic amines) is 1. The summed E-state index contributed by atoms with van der Waals surface area (Å²) in [5, 5.41) is 0. The molecular formula is C30H33N3O2. The van der Waals surface area contributed by atoms with Crippen molar-refractivity contribution in [2.75, 3.05) is 13.2 Å². The van der Waals surface area contributed by atoms with Gasteiger partial charge in [0.25, 0.3) is 0 Å². The van der Waals surface area contributed by atoms with Crippen molar-refractivity contribution in [3.8, 4) is 5.75 Å². The average Bonchev–Trinajstić information content (AvgIpc) is 3.41. The fraction of sp³-hybridized carbons (Fsp3) is 0.333. The van der Waals surface area contributed by atoms with Crippen LogP contribution in [-0.2, 0) is 17.9 Å². The summed E-state index contributed by atoms with van der Waals surface area (Å²) in [7, 11) is 0. The number of aromatic nitrogens is 2. The normalized spacial score (nSPS) is 15.8. The van der Waals surface area contributed by atoms with Crippen molar-refractivity contribution in [1.82, 2.24) is 14.5 Å². The molecule has 0 bridgehead atoms. The van der Waals surface area contributed by atoms with E-state index in [2.05, 4.69) is 66.9 Å². The molecule has 1 amide bonds. The minimum Gasteiger partial charge on any atom is -0.493 e. The molecule has 1 atom stereocenters. The molecule has 1 aliphatic rings. The molecule has 1 aromatic heterocycles. The van der Waals surface area contributed by atoms with E-state index in [0.717, 1.165) is 42.0 Å². The zero-order valence-electron chi connectivity index (χ0n) is 20.6. The Labute approximate surface area is 207 Å². The van der Waals surface area contributed by atoms with Gasteiger partial charge in [-0.1, -0.05) is 60.2 Å². The quantitative estimate of drug-likeness (QED) is 0.283. The van der Waals surface area contributed by atoms with Crippen molar-refractivity contribution >= 4 is 16.9 Å². The van der Waals surface area contributed by atoms with E-state index >= 15 is 0 Å². The largest absolute Gasteiger partial charge is 0.493 e. The molecule has 180 valence electrons. The zero-order valence-corrected chi connectivity index (χ0v) is 20.6.